The number of amides is 1. The maximum absolute atomic E-state index is 12.0. The van der Waals surface area contributed by atoms with E-state index >= 15 is 0 Å². The fourth-order valence-electron chi connectivity index (χ4n) is 3.16. The number of hydrogen-bond donors (Lipinski definition) is 1. The van der Waals surface area contributed by atoms with Gasteiger partial charge in [-0.25, -0.2) is 0 Å². The fourth-order valence-corrected chi connectivity index (χ4v) is 3.16. The number of nitrogens with one attached hydrogen (secondary N) is 1. The Balaban J connectivity index is 0.00000256. The van der Waals surface area contributed by atoms with Crippen molar-refractivity contribution in [3.8, 4) is 0 Å². The van der Waals surface area contributed by atoms with E-state index in [1.165, 1.54) is 38.8 Å². The molecule has 1 N–H and O–H groups in total. The first-order chi connectivity index (χ1) is 7.70. The molecule has 0 saturated carbocycles. The molecular formula is C13H27N2OY+. The van der Waals surface area contributed by atoms with Gasteiger partial charge in [0.2, 0.25) is 0 Å². The van der Waals surface area contributed by atoms with E-state index in [2.05, 4.69) is 19.2 Å². The third kappa shape index (κ3) is 4.29. The van der Waals surface area contributed by atoms with Crippen LogP contribution in [0.1, 0.15) is 46.0 Å². The van der Waals surface area contributed by atoms with Crippen LogP contribution in [0.2, 0.25) is 0 Å². The van der Waals surface area contributed by atoms with Crippen LogP contribution in [-0.4, -0.2) is 43.1 Å². The standard InChI is InChI=1S/C13H26N2O.Y/c1-4-12(13(16)14-3)15(5-2)10-8-6-7-9-11-15;/h12H,4-11H2,1-3H3;/p+1. The Morgan fingerprint density at radius 1 is 1.18 bits per heavy atom. The van der Waals surface area contributed by atoms with Crippen molar-refractivity contribution in [2.24, 2.45) is 0 Å². The van der Waals surface area contributed by atoms with Gasteiger partial charge in [-0.05, 0) is 32.6 Å². The molecule has 0 aromatic heterocycles. The minimum Gasteiger partial charge on any atom is -0.354 e. The molecule has 17 heavy (non-hydrogen) atoms. The third-order valence-corrected chi connectivity index (χ3v) is 4.18. The maximum Gasteiger partial charge on any atom is 0.278 e. The Hall–Kier alpha value is 0.534. The van der Waals surface area contributed by atoms with Gasteiger partial charge >= 0.3 is 0 Å². The summed E-state index contributed by atoms with van der Waals surface area (Å²) in [7, 11) is 1.76. The first-order valence-corrected chi connectivity index (χ1v) is 6.77. The first-order valence-electron chi connectivity index (χ1n) is 6.77. The number of carbonyl (C=O) groups excluding carboxylic acids is 1. The molecule has 1 unspecified atom stereocenters. The average molecular weight is 316 g/mol. The normalized spacial score (nSPS) is 20.9. The number of nitrogens with zero attached hydrogens (tertiary/aromatic N) is 1. The summed E-state index contributed by atoms with van der Waals surface area (Å²) in [5.74, 6) is 0.228. The summed E-state index contributed by atoms with van der Waals surface area (Å²) in [6.07, 6.45) is 6.19. The van der Waals surface area contributed by atoms with E-state index in [-0.39, 0.29) is 44.7 Å². The maximum atomic E-state index is 12.0. The predicted molar refractivity (Wildman–Crippen MR) is 67.1 cm³/mol. The van der Waals surface area contributed by atoms with Crippen LogP contribution in [-0.2, 0) is 37.5 Å². The first kappa shape index (κ1) is 17.5. The summed E-state index contributed by atoms with van der Waals surface area (Å²) in [5.41, 5.74) is 0. The average Bonchev–Trinajstić information content (AvgIpc) is 2.56. The summed E-state index contributed by atoms with van der Waals surface area (Å²) in [6, 6.07) is 0.160. The van der Waals surface area contributed by atoms with Gasteiger partial charge in [-0.3, -0.25) is 4.79 Å². The molecule has 0 aromatic rings. The summed E-state index contributed by atoms with van der Waals surface area (Å²) in [5, 5.41) is 2.84. The van der Waals surface area contributed by atoms with Gasteiger partial charge < -0.3 is 9.80 Å². The zero-order chi connectivity index (χ0) is 12.0. The van der Waals surface area contributed by atoms with Gasteiger partial charge in [0, 0.05) is 46.2 Å². The number of quaternary nitrogens is 1. The van der Waals surface area contributed by atoms with Gasteiger partial charge in [0.25, 0.3) is 5.91 Å². The third-order valence-electron chi connectivity index (χ3n) is 4.18. The van der Waals surface area contributed by atoms with E-state index in [0.717, 1.165) is 17.4 Å². The fraction of sp³-hybridized carbons (Fsp3) is 0.923. The van der Waals surface area contributed by atoms with Crippen LogP contribution in [0.5, 0.6) is 0 Å². The number of likely N-dealkylation sites (tertiary alicyclic amines) is 1. The number of rotatable bonds is 4. The van der Waals surface area contributed by atoms with Crippen LogP contribution in [0.3, 0.4) is 0 Å². The Morgan fingerprint density at radius 2 is 1.71 bits per heavy atom. The monoisotopic (exact) mass is 316 g/mol. The zero-order valence-electron chi connectivity index (χ0n) is 11.7. The van der Waals surface area contributed by atoms with E-state index in [9.17, 15) is 4.79 Å². The molecule has 1 aliphatic rings. The van der Waals surface area contributed by atoms with Crippen molar-refractivity contribution < 1.29 is 42.0 Å². The van der Waals surface area contributed by atoms with Crippen LogP contribution >= 0.6 is 0 Å². The molecule has 1 heterocycles. The number of carbonyl (C=O) groups is 1. The van der Waals surface area contributed by atoms with Crippen LogP contribution < -0.4 is 5.32 Å². The summed E-state index contributed by atoms with van der Waals surface area (Å²) in [4.78, 5) is 12.0. The topological polar surface area (TPSA) is 29.1 Å². The summed E-state index contributed by atoms with van der Waals surface area (Å²) < 4.78 is 1.01. The van der Waals surface area contributed by atoms with E-state index in [0.29, 0.717) is 0 Å². The zero-order valence-corrected chi connectivity index (χ0v) is 14.5. The Bertz CT molecular complexity index is 225. The molecule has 1 fully saturated rings. The molecule has 1 rings (SSSR count). The Labute approximate surface area is 131 Å². The SMILES string of the molecule is CCC(C(=O)NC)[N+]1(CC)CCCCCC1.[Y]. The van der Waals surface area contributed by atoms with Crippen LogP contribution in [0.15, 0.2) is 0 Å². The minimum absolute atomic E-state index is 0. The van der Waals surface area contributed by atoms with Crippen molar-refractivity contribution in [3.05, 3.63) is 0 Å². The smallest absolute Gasteiger partial charge is 0.278 e. The van der Waals surface area contributed by atoms with Crippen molar-refractivity contribution >= 4 is 5.91 Å². The number of likely N-dealkylation sites (N-methyl/N-ethyl adjacent to an activating group) is 2. The molecule has 3 nitrogen and oxygen atoms in total. The van der Waals surface area contributed by atoms with E-state index in [1.807, 2.05) is 0 Å². The van der Waals surface area contributed by atoms with E-state index in [4.69, 9.17) is 0 Å². The molecule has 0 spiro atoms. The van der Waals surface area contributed by atoms with Gasteiger partial charge in [-0.15, -0.1) is 0 Å². The molecule has 1 radical (unpaired) electrons. The van der Waals surface area contributed by atoms with Crippen molar-refractivity contribution in [2.45, 2.75) is 52.0 Å². The van der Waals surface area contributed by atoms with Crippen molar-refractivity contribution in [1.82, 2.24) is 5.32 Å². The molecular weight excluding hydrogens is 289 g/mol. The van der Waals surface area contributed by atoms with E-state index in [1.54, 1.807) is 7.05 Å². The van der Waals surface area contributed by atoms with Crippen molar-refractivity contribution in [1.29, 1.82) is 0 Å². The molecule has 1 saturated heterocycles. The van der Waals surface area contributed by atoms with Crippen LogP contribution in [0.25, 0.3) is 0 Å². The van der Waals surface area contributed by atoms with Gasteiger partial charge in [-0.1, -0.05) is 6.92 Å². The van der Waals surface area contributed by atoms with Gasteiger partial charge in [0.15, 0.2) is 6.04 Å². The molecule has 0 bridgehead atoms. The Morgan fingerprint density at radius 3 is 2.06 bits per heavy atom. The summed E-state index contributed by atoms with van der Waals surface area (Å²) in [6.45, 7) is 7.83. The summed E-state index contributed by atoms with van der Waals surface area (Å²) >= 11 is 0. The second kappa shape index (κ2) is 8.60. The molecule has 97 valence electrons. The second-order valence-corrected chi connectivity index (χ2v) is 4.93. The van der Waals surface area contributed by atoms with Crippen LogP contribution in [0.4, 0.5) is 0 Å². The van der Waals surface area contributed by atoms with Gasteiger partial charge in [0.05, 0.1) is 19.6 Å². The molecule has 4 heteroatoms. The van der Waals surface area contributed by atoms with Crippen molar-refractivity contribution in [3.63, 3.8) is 0 Å². The number of hydrogen-bond acceptors (Lipinski definition) is 1. The van der Waals surface area contributed by atoms with Crippen LogP contribution in [0, 0.1) is 0 Å². The molecule has 0 aromatic carbocycles. The quantitative estimate of drug-likeness (QED) is 0.789. The van der Waals surface area contributed by atoms with Crippen molar-refractivity contribution in [2.75, 3.05) is 26.7 Å². The molecule has 1 aliphatic heterocycles. The van der Waals surface area contributed by atoms with Gasteiger partial charge in [-0.2, -0.15) is 0 Å². The molecule has 1 amide bonds. The molecule has 0 aliphatic carbocycles. The predicted octanol–water partition coefficient (Wildman–Crippen LogP) is 1.92. The van der Waals surface area contributed by atoms with Gasteiger partial charge in [0.1, 0.15) is 0 Å². The largest absolute Gasteiger partial charge is 0.354 e. The minimum atomic E-state index is 0. The van der Waals surface area contributed by atoms with E-state index < -0.39 is 0 Å². The Kier molecular flexibility index (Phi) is 8.87. The second-order valence-electron chi connectivity index (χ2n) is 4.93. The molecule has 1 atom stereocenters.